The predicted octanol–water partition coefficient (Wildman–Crippen LogP) is 5.11. The summed E-state index contributed by atoms with van der Waals surface area (Å²) in [6.07, 6.45) is 4.72. The summed E-state index contributed by atoms with van der Waals surface area (Å²) >= 11 is 0. The van der Waals surface area contributed by atoms with Crippen molar-refractivity contribution < 1.29 is 14.2 Å². The van der Waals surface area contributed by atoms with E-state index in [0.717, 1.165) is 28.9 Å². The fourth-order valence-corrected chi connectivity index (χ4v) is 4.12. The summed E-state index contributed by atoms with van der Waals surface area (Å²) in [5, 5.41) is 15.5. The van der Waals surface area contributed by atoms with Crippen molar-refractivity contribution in [3.8, 4) is 11.4 Å². The van der Waals surface area contributed by atoms with Crippen LogP contribution < -0.4 is 4.74 Å². The lowest BCUT2D eigenvalue weighted by atomic mass is 9.70. The molecule has 3 aromatic rings. The van der Waals surface area contributed by atoms with Crippen LogP contribution in [0.5, 0.6) is 5.75 Å². The second-order valence-corrected chi connectivity index (χ2v) is 7.97. The molecule has 0 saturated carbocycles. The molecule has 0 spiro atoms. The van der Waals surface area contributed by atoms with Crippen molar-refractivity contribution in [3.63, 3.8) is 0 Å². The molecular weight excluding hydrogens is 367 g/mol. The zero-order valence-corrected chi connectivity index (χ0v) is 16.9. The first-order chi connectivity index (χ1) is 13.9. The SMILES string of the molecule is COc1ccccc1C(O)C[C@@]1(C)Cc2cnn(-c3ccc(F)cc3)c2C=C1C. The van der Waals surface area contributed by atoms with E-state index in [1.807, 2.05) is 35.1 Å². The number of aliphatic hydroxyl groups is 1. The lowest BCUT2D eigenvalue weighted by Gasteiger charge is -2.36. The molecule has 0 fully saturated rings. The Morgan fingerprint density at radius 2 is 1.93 bits per heavy atom. The zero-order valence-electron chi connectivity index (χ0n) is 16.9. The second kappa shape index (κ2) is 7.48. The number of para-hydroxylation sites is 1. The Labute approximate surface area is 170 Å². The topological polar surface area (TPSA) is 47.3 Å². The monoisotopic (exact) mass is 392 g/mol. The Morgan fingerprint density at radius 3 is 2.66 bits per heavy atom. The van der Waals surface area contributed by atoms with Crippen LogP contribution in [0.1, 0.15) is 43.2 Å². The Balaban J connectivity index is 1.63. The van der Waals surface area contributed by atoms with Gasteiger partial charge in [0, 0.05) is 5.56 Å². The summed E-state index contributed by atoms with van der Waals surface area (Å²) in [6, 6.07) is 13.9. The van der Waals surface area contributed by atoms with Crippen LogP contribution in [-0.2, 0) is 6.42 Å². The second-order valence-electron chi connectivity index (χ2n) is 7.97. The van der Waals surface area contributed by atoms with Gasteiger partial charge in [0.05, 0.1) is 30.8 Å². The highest BCUT2D eigenvalue weighted by molar-refractivity contribution is 5.60. The lowest BCUT2D eigenvalue weighted by Crippen LogP contribution is -2.27. The van der Waals surface area contributed by atoms with Crippen LogP contribution >= 0.6 is 0 Å². The number of ether oxygens (including phenoxy) is 1. The van der Waals surface area contributed by atoms with Gasteiger partial charge in [-0.05, 0) is 67.2 Å². The van der Waals surface area contributed by atoms with E-state index in [1.165, 1.54) is 17.7 Å². The molecule has 5 heteroatoms. The first-order valence-electron chi connectivity index (χ1n) is 9.74. The van der Waals surface area contributed by atoms with E-state index in [4.69, 9.17) is 4.74 Å². The number of aliphatic hydroxyl groups excluding tert-OH is 1. The molecule has 1 N–H and O–H groups in total. The predicted molar refractivity (Wildman–Crippen MR) is 112 cm³/mol. The Hall–Kier alpha value is -2.92. The Kier molecular flexibility index (Phi) is 5.01. The fraction of sp³-hybridized carbons (Fsp3) is 0.292. The molecule has 1 unspecified atom stereocenters. The Morgan fingerprint density at radius 1 is 1.21 bits per heavy atom. The van der Waals surface area contributed by atoms with E-state index in [9.17, 15) is 9.50 Å². The number of nitrogens with zero attached hydrogens (tertiary/aromatic N) is 2. The van der Waals surface area contributed by atoms with Crippen molar-refractivity contribution in [2.24, 2.45) is 5.41 Å². The van der Waals surface area contributed by atoms with Gasteiger partial charge in [0.1, 0.15) is 11.6 Å². The van der Waals surface area contributed by atoms with Crippen LogP contribution in [0.15, 0.2) is 60.3 Å². The minimum absolute atomic E-state index is 0.204. The summed E-state index contributed by atoms with van der Waals surface area (Å²) in [5.41, 5.74) is 4.74. The van der Waals surface area contributed by atoms with Crippen molar-refractivity contribution in [1.29, 1.82) is 0 Å². The van der Waals surface area contributed by atoms with E-state index < -0.39 is 6.10 Å². The highest BCUT2D eigenvalue weighted by Crippen LogP contribution is 2.45. The number of hydrogen-bond acceptors (Lipinski definition) is 3. The van der Waals surface area contributed by atoms with Crippen LogP contribution in [0.25, 0.3) is 11.8 Å². The molecule has 1 heterocycles. The standard InChI is InChI=1S/C24H25FN2O2/c1-16-12-21-17(15-26-27(21)19-10-8-18(25)9-11-19)13-24(16,2)14-22(28)20-6-4-5-7-23(20)29-3/h4-12,15,22,28H,13-14H2,1-3H3/t22?,24-/m1/s1. The molecule has 0 amide bonds. The van der Waals surface area contributed by atoms with Gasteiger partial charge in [0.15, 0.2) is 0 Å². The molecule has 0 bridgehead atoms. The van der Waals surface area contributed by atoms with E-state index in [0.29, 0.717) is 12.2 Å². The van der Waals surface area contributed by atoms with Crippen LogP contribution in [0, 0.1) is 11.2 Å². The molecule has 150 valence electrons. The van der Waals surface area contributed by atoms with Crippen molar-refractivity contribution >= 4 is 6.08 Å². The van der Waals surface area contributed by atoms with Crippen LogP contribution in [0.4, 0.5) is 4.39 Å². The van der Waals surface area contributed by atoms with Gasteiger partial charge in [-0.15, -0.1) is 0 Å². The van der Waals surface area contributed by atoms with Crippen LogP contribution in [0.3, 0.4) is 0 Å². The molecule has 2 atom stereocenters. The van der Waals surface area contributed by atoms with Crippen molar-refractivity contribution in [1.82, 2.24) is 9.78 Å². The average molecular weight is 392 g/mol. The number of methoxy groups -OCH3 is 1. The number of fused-ring (bicyclic) bond motifs is 1. The van der Waals surface area contributed by atoms with Crippen molar-refractivity contribution in [3.05, 3.63) is 82.9 Å². The first kappa shape index (κ1) is 19.4. The van der Waals surface area contributed by atoms with E-state index >= 15 is 0 Å². The highest BCUT2D eigenvalue weighted by Gasteiger charge is 2.35. The van der Waals surface area contributed by atoms with E-state index in [-0.39, 0.29) is 11.2 Å². The van der Waals surface area contributed by atoms with Gasteiger partial charge in [0.25, 0.3) is 0 Å². The highest BCUT2D eigenvalue weighted by atomic mass is 19.1. The van der Waals surface area contributed by atoms with Gasteiger partial charge in [-0.25, -0.2) is 9.07 Å². The molecule has 0 saturated heterocycles. The van der Waals surface area contributed by atoms with Crippen molar-refractivity contribution in [2.75, 3.05) is 7.11 Å². The summed E-state index contributed by atoms with van der Waals surface area (Å²) in [5.74, 6) is 0.435. The summed E-state index contributed by atoms with van der Waals surface area (Å²) in [6.45, 7) is 4.27. The normalized spacial score (nSPS) is 19.4. The third kappa shape index (κ3) is 3.58. The maximum Gasteiger partial charge on any atom is 0.124 e. The molecular formula is C24H25FN2O2. The molecule has 0 radical (unpaired) electrons. The number of halogens is 1. The molecule has 4 nitrogen and oxygen atoms in total. The summed E-state index contributed by atoms with van der Waals surface area (Å²) in [7, 11) is 1.62. The molecule has 1 aromatic heterocycles. The largest absolute Gasteiger partial charge is 0.496 e. The third-order valence-corrected chi connectivity index (χ3v) is 5.99. The first-order valence-corrected chi connectivity index (χ1v) is 9.74. The molecule has 1 aliphatic carbocycles. The van der Waals surface area contributed by atoms with E-state index in [1.54, 1.807) is 19.2 Å². The van der Waals surface area contributed by atoms with Gasteiger partial charge in [-0.2, -0.15) is 5.10 Å². The molecule has 2 aromatic carbocycles. The molecule has 4 rings (SSSR count). The Bertz CT molecular complexity index is 1050. The average Bonchev–Trinajstić information content (AvgIpc) is 3.10. The van der Waals surface area contributed by atoms with Gasteiger partial charge in [-0.1, -0.05) is 30.7 Å². The fourth-order valence-electron chi connectivity index (χ4n) is 4.12. The van der Waals surface area contributed by atoms with Crippen molar-refractivity contribution in [2.45, 2.75) is 32.8 Å². The quantitative estimate of drug-likeness (QED) is 0.656. The minimum Gasteiger partial charge on any atom is -0.496 e. The smallest absolute Gasteiger partial charge is 0.124 e. The summed E-state index contributed by atoms with van der Waals surface area (Å²) < 4.78 is 20.5. The number of aromatic nitrogens is 2. The van der Waals surface area contributed by atoms with Gasteiger partial charge < -0.3 is 9.84 Å². The molecule has 1 aliphatic rings. The maximum atomic E-state index is 13.3. The third-order valence-electron chi connectivity index (χ3n) is 5.99. The maximum absolute atomic E-state index is 13.3. The summed E-state index contributed by atoms with van der Waals surface area (Å²) in [4.78, 5) is 0. The molecule has 29 heavy (non-hydrogen) atoms. The van der Waals surface area contributed by atoms with E-state index in [2.05, 4.69) is 25.0 Å². The number of hydrogen-bond donors (Lipinski definition) is 1. The number of allylic oxidation sites excluding steroid dienone is 1. The van der Waals surface area contributed by atoms with Crippen LogP contribution in [-0.4, -0.2) is 22.0 Å². The lowest BCUT2D eigenvalue weighted by molar-refractivity contribution is 0.118. The zero-order chi connectivity index (χ0) is 20.6. The van der Waals surface area contributed by atoms with Gasteiger partial charge in [-0.3, -0.25) is 0 Å². The van der Waals surface area contributed by atoms with Gasteiger partial charge in [0.2, 0.25) is 0 Å². The molecule has 0 aliphatic heterocycles. The van der Waals surface area contributed by atoms with Crippen LogP contribution in [0.2, 0.25) is 0 Å². The number of benzene rings is 2. The minimum atomic E-state index is -0.631. The number of rotatable bonds is 5. The van der Waals surface area contributed by atoms with Gasteiger partial charge >= 0.3 is 0 Å².